The lowest BCUT2D eigenvalue weighted by atomic mass is 10.1. The van der Waals surface area contributed by atoms with E-state index in [2.05, 4.69) is 20.9 Å². The van der Waals surface area contributed by atoms with Gasteiger partial charge in [-0.3, -0.25) is 19.8 Å². The van der Waals surface area contributed by atoms with Gasteiger partial charge in [0.2, 0.25) is 0 Å². The van der Waals surface area contributed by atoms with Crippen LogP contribution in [0, 0.1) is 10.1 Å². The minimum Gasteiger partial charge on any atom is -0.465 e. The van der Waals surface area contributed by atoms with Crippen molar-refractivity contribution in [1.82, 2.24) is 4.90 Å². The summed E-state index contributed by atoms with van der Waals surface area (Å²) >= 11 is 4.55. The molecule has 1 fully saturated rings. The smallest absolute Gasteiger partial charge is 0.337 e. The minimum absolute atomic E-state index is 0.0360. The van der Waals surface area contributed by atoms with Gasteiger partial charge < -0.3 is 9.15 Å². The third kappa shape index (κ3) is 5.20. The molecule has 0 unspecified atom stereocenters. The van der Waals surface area contributed by atoms with Crippen LogP contribution in [-0.4, -0.2) is 40.5 Å². The van der Waals surface area contributed by atoms with Gasteiger partial charge in [0, 0.05) is 34.8 Å². The molecule has 0 bridgehead atoms. The molecule has 2 aromatic carbocycles. The highest BCUT2D eigenvalue weighted by molar-refractivity contribution is 9.10. The molecule has 1 saturated heterocycles. The second-order valence-electron chi connectivity index (χ2n) is 7.22. The summed E-state index contributed by atoms with van der Waals surface area (Å²) in [7, 11) is 1.31. The van der Waals surface area contributed by atoms with Gasteiger partial charge in [0.25, 0.3) is 11.6 Å². The number of rotatable bonds is 6. The number of carbonyl (C=O) groups excluding carboxylic acids is 2. The quantitative estimate of drug-likeness (QED) is 0.158. The lowest BCUT2D eigenvalue weighted by Gasteiger charge is -2.12. The number of amides is 1. The number of furan rings is 1. The van der Waals surface area contributed by atoms with Crippen LogP contribution in [0.3, 0.4) is 0 Å². The number of hydrogen-bond acceptors (Lipinski definition) is 8. The van der Waals surface area contributed by atoms with Crippen LogP contribution in [0.15, 0.2) is 73.4 Å². The van der Waals surface area contributed by atoms with Gasteiger partial charge in [0.15, 0.2) is 5.17 Å². The third-order valence-corrected chi connectivity index (χ3v) is 6.69. The Kier molecular flexibility index (Phi) is 7.17. The van der Waals surface area contributed by atoms with Crippen molar-refractivity contribution >= 4 is 62.2 Å². The number of aliphatic imine (C=N–C) groups is 1. The third-order valence-electron chi connectivity index (χ3n) is 5.03. The number of nitro groups is 1. The molecule has 1 aliphatic heterocycles. The van der Waals surface area contributed by atoms with E-state index in [4.69, 9.17) is 9.15 Å². The second-order valence-corrected chi connectivity index (χ2v) is 9.08. The number of halogens is 1. The van der Waals surface area contributed by atoms with Crippen LogP contribution in [0.2, 0.25) is 0 Å². The zero-order chi connectivity index (χ0) is 25.1. The Morgan fingerprint density at radius 1 is 1.26 bits per heavy atom. The number of hydrogen-bond donors (Lipinski definition) is 0. The summed E-state index contributed by atoms with van der Waals surface area (Å²) in [5.41, 5.74) is 1.49. The molecule has 0 spiro atoms. The van der Waals surface area contributed by atoms with E-state index in [-0.39, 0.29) is 11.6 Å². The largest absolute Gasteiger partial charge is 0.465 e. The van der Waals surface area contributed by atoms with Crippen molar-refractivity contribution in [2.45, 2.75) is 6.92 Å². The minimum atomic E-state index is -0.472. The van der Waals surface area contributed by atoms with Crippen molar-refractivity contribution in [2.24, 2.45) is 4.99 Å². The van der Waals surface area contributed by atoms with Crippen LogP contribution in [0.1, 0.15) is 23.0 Å². The highest BCUT2D eigenvalue weighted by Gasteiger charge is 2.32. The standard InChI is InChI=1S/C24H18BrN3O6S/c1-3-27-22(29)21(35-24(27)26-15-6-4-5-14(11-15)23(30)33-2)13-17-8-10-20(34-17)18-9-7-16(28(31)32)12-19(18)25/h4-13H,3H2,1-2H3. The van der Waals surface area contributed by atoms with E-state index < -0.39 is 10.9 Å². The first-order valence-electron chi connectivity index (χ1n) is 10.3. The van der Waals surface area contributed by atoms with Crippen molar-refractivity contribution in [1.29, 1.82) is 0 Å². The maximum atomic E-state index is 13.0. The normalized spacial score (nSPS) is 15.7. The van der Waals surface area contributed by atoms with E-state index in [9.17, 15) is 19.7 Å². The molecule has 11 heteroatoms. The highest BCUT2D eigenvalue weighted by atomic mass is 79.9. The summed E-state index contributed by atoms with van der Waals surface area (Å²) < 4.78 is 11.2. The summed E-state index contributed by atoms with van der Waals surface area (Å²) in [6, 6.07) is 14.5. The molecule has 0 aliphatic carbocycles. The van der Waals surface area contributed by atoms with Gasteiger partial charge in [0.05, 0.1) is 28.2 Å². The Morgan fingerprint density at radius 2 is 2.06 bits per heavy atom. The fraction of sp³-hybridized carbons (Fsp3) is 0.125. The molecular formula is C24H18BrN3O6S. The second kappa shape index (κ2) is 10.3. The van der Waals surface area contributed by atoms with Gasteiger partial charge in [-0.05, 0) is 71.0 Å². The average Bonchev–Trinajstić information content (AvgIpc) is 3.42. The SMILES string of the molecule is CCN1C(=O)C(=Cc2ccc(-c3ccc([N+](=O)[O-])cc3Br)o2)SC1=Nc1cccc(C(=O)OC)c1. The zero-order valence-corrected chi connectivity index (χ0v) is 21.0. The number of non-ortho nitro benzene ring substituents is 1. The number of amidine groups is 1. The molecule has 0 atom stereocenters. The molecule has 9 nitrogen and oxygen atoms in total. The molecule has 2 heterocycles. The predicted octanol–water partition coefficient (Wildman–Crippen LogP) is 6.03. The Balaban J connectivity index is 1.61. The first kappa shape index (κ1) is 24.4. The van der Waals surface area contributed by atoms with Crippen LogP contribution < -0.4 is 0 Å². The summed E-state index contributed by atoms with van der Waals surface area (Å²) in [6.45, 7) is 2.26. The summed E-state index contributed by atoms with van der Waals surface area (Å²) in [5, 5.41) is 11.4. The maximum Gasteiger partial charge on any atom is 0.337 e. The van der Waals surface area contributed by atoms with Gasteiger partial charge in [-0.2, -0.15) is 0 Å². The van der Waals surface area contributed by atoms with Crippen LogP contribution in [0.5, 0.6) is 0 Å². The van der Waals surface area contributed by atoms with Gasteiger partial charge in [-0.15, -0.1) is 0 Å². The van der Waals surface area contributed by atoms with E-state index in [1.807, 2.05) is 6.92 Å². The van der Waals surface area contributed by atoms with E-state index >= 15 is 0 Å². The van der Waals surface area contributed by atoms with Crippen molar-refractivity contribution in [3.05, 3.63) is 85.4 Å². The molecule has 178 valence electrons. The molecule has 3 aromatic rings. The first-order valence-corrected chi connectivity index (χ1v) is 11.9. The van der Waals surface area contributed by atoms with Crippen LogP contribution in [-0.2, 0) is 9.53 Å². The molecule has 1 aromatic heterocycles. The van der Waals surface area contributed by atoms with Crippen molar-refractivity contribution in [3.8, 4) is 11.3 Å². The van der Waals surface area contributed by atoms with Crippen LogP contribution in [0.4, 0.5) is 11.4 Å². The zero-order valence-electron chi connectivity index (χ0n) is 18.6. The van der Waals surface area contributed by atoms with Crippen molar-refractivity contribution in [3.63, 3.8) is 0 Å². The van der Waals surface area contributed by atoms with Gasteiger partial charge in [-0.1, -0.05) is 6.07 Å². The maximum absolute atomic E-state index is 13.0. The van der Waals surface area contributed by atoms with Crippen molar-refractivity contribution in [2.75, 3.05) is 13.7 Å². The van der Waals surface area contributed by atoms with E-state index in [1.165, 1.54) is 35.9 Å². The molecule has 35 heavy (non-hydrogen) atoms. The fourth-order valence-corrected chi connectivity index (χ4v) is 4.93. The molecule has 4 rings (SSSR count). The summed E-state index contributed by atoms with van der Waals surface area (Å²) in [6.07, 6.45) is 1.63. The van der Waals surface area contributed by atoms with E-state index in [0.29, 0.717) is 49.4 Å². The topological polar surface area (TPSA) is 115 Å². The molecule has 0 N–H and O–H groups in total. The number of thioether (sulfide) groups is 1. The number of carbonyl (C=O) groups is 2. The Labute approximate surface area is 212 Å². The molecule has 0 radical (unpaired) electrons. The number of nitro benzene ring substituents is 1. The van der Waals surface area contributed by atoms with Gasteiger partial charge in [0.1, 0.15) is 11.5 Å². The Hall–Kier alpha value is -3.70. The Bertz CT molecular complexity index is 1400. The highest BCUT2D eigenvalue weighted by Crippen LogP contribution is 2.36. The molecule has 1 aliphatic rings. The van der Waals surface area contributed by atoms with Gasteiger partial charge in [-0.25, -0.2) is 9.79 Å². The predicted molar refractivity (Wildman–Crippen MR) is 136 cm³/mol. The fourth-order valence-electron chi connectivity index (χ4n) is 3.32. The van der Waals surface area contributed by atoms with Crippen LogP contribution >= 0.6 is 27.7 Å². The van der Waals surface area contributed by atoms with E-state index in [1.54, 1.807) is 48.5 Å². The van der Waals surface area contributed by atoms with Crippen molar-refractivity contribution < 1.29 is 23.7 Å². The number of nitrogens with zero attached hydrogens (tertiary/aromatic N) is 3. The summed E-state index contributed by atoms with van der Waals surface area (Å²) in [4.78, 5) is 41.8. The number of methoxy groups -OCH3 is 1. The molecular weight excluding hydrogens is 538 g/mol. The number of esters is 1. The lowest BCUT2D eigenvalue weighted by Crippen LogP contribution is -2.28. The number of benzene rings is 2. The molecule has 0 saturated carbocycles. The van der Waals surface area contributed by atoms with Crippen LogP contribution in [0.25, 0.3) is 17.4 Å². The van der Waals surface area contributed by atoms with E-state index in [0.717, 1.165) is 0 Å². The first-order chi connectivity index (χ1) is 16.8. The Morgan fingerprint density at radius 3 is 2.74 bits per heavy atom. The summed E-state index contributed by atoms with van der Waals surface area (Å²) in [5.74, 6) is 0.263. The number of likely N-dealkylation sites (N-methyl/N-ethyl adjacent to an activating group) is 1. The average molecular weight is 556 g/mol. The molecule has 1 amide bonds. The lowest BCUT2D eigenvalue weighted by molar-refractivity contribution is -0.384. The van der Waals surface area contributed by atoms with Gasteiger partial charge >= 0.3 is 5.97 Å². The monoisotopic (exact) mass is 555 g/mol. The number of ether oxygens (including phenoxy) is 1.